The van der Waals surface area contributed by atoms with Gasteiger partial charge in [-0.3, -0.25) is 14.6 Å². The zero-order valence-corrected chi connectivity index (χ0v) is 10.00. The number of hydrogen-bond acceptors (Lipinski definition) is 5. The first-order valence-corrected chi connectivity index (χ1v) is 5.57. The molecule has 0 unspecified atom stereocenters. The number of carbonyl (C=O) groups excluding carboxylic acids is 1. The molecule has 2 aromatic rings. The predicted molar refractivity (Wildman–Crippen MR) is 64.0 cm³/mol. The topological polar surface area (TPSA) is 115 Å². The van der Waals surface area contributed by atoms with Crippen molar-refractivity contribution in [2.45, 2.75) is 20.0 Å². The van der Waals surface area contributed by atoms with Gasteiger partial charge >= 0.3 is 0 Å². The Kier molecular flexibility index (Phi) is 3.56. The van der Waals surface area contributed by atoms with Crippen molar-refractivity contribution in [2.75, 3.05) is 5.73 Å². The van der Waals surface area contributed by atoms with Crippen molar-refractivity contribution in [1.82, 2.24) is 30.3 Å². The van der Waals surface area contributed by atoms with Crippen LogP contribution in [0.15, 0.2) is 18.5 Å². The van der Waals surface area contributed by atoms with E-state index >= 15 is 0 Å². The Morgan fingerprint density at radius 3 is 3.11 bits per heavy atom. The third-order valence-electron chi connectivity index (χ3n) is 2.45. The van der Waals surface area contributed by atoms with Gasteiger partial charge in [-0.25, -0.2) is 0 Å². The highest BCUT2D eigenvalue weighted by molar-refractivity contribution is 5.78. The van der Waals surface area contributed by atoms with Gasteiger partial charge in [0.1, 0.15) is 5.82 Å². The largest absolute Gasteiger partial charge is 0.367 e. The van der Waals surface area contributed by atoms with Gasteiger partial charge in [0, 0.05) is 12.4 Å². The van der Waals surface area contributed by atoms with Crippen LogP contribution in [0.2, 0.25) is 0 Å². The maximum absolute atomic E-state index is 11.8. The molecule has 4 N–H and O–H groups in total. The smallest absolute Gasteiger partial charge is 0.239 e. The normalized spacial score (nSPS) is 12.3. The number of amides is 1. The summed E-state index contributed by atoms with van der Waals surface area (Å²) in [6.07, 6.45) is 3.50. The van der Waals surface area contributed by atoms with Gasteiger partial charge in [0.05, 0.1) is 19.0 Å². The second-order valence-electron chi connectivity index (χ2n) is 3.99. The number of anilines is 1. The van der Waals surface area contributed by atoms with Gasteiger partial charge in [-0.05, 0) is 6.07 Å². The summed E-state index contributed by atoms with van der Waals surface area (Å²) in [6.45, 7) is 2.66. The summed E-state index contributed by atoms with van der Waals surface area (Å²) in [4.78, 5) is 15.7. The zero-order valence-electron chi connectivity index (χ0n) is 10.00. The first kappa shape index (κ1) is 12.1. The van der Waals surface area contributed by atoms with E-state index in [-0.39, 0.29) is 24.3 Å². The van der Waals surface area contributed by atoms with Crippen LogP contribution in [0.25, 0.3) is 0 Å². The molecule has 18 heavy (non-hydrogen) atoms. The summed E-state index contributed by atoms with van der Waals surface area (Å²) < 4.78 is 1.72. The molecule has 2 heterocycles. The van der Waals surface area contributed by atoms with Gasteiger partial charge in [-0.1, -0.05) is 6.92 Å². The van der Waals surface area contributed by atoms with Crippen molar-refractivity contribution in [2.24, 2.45) is 5.92 Å². The molecule has 8 nitrogen and oxygen atoms in total. The highest BCUT2D eigenvalue weighted by atomic mass is 16.1. The Morgan fingerprint density at radius 2 is 2.50 bits per heavy atom. The first-order valence-electron chi connectivity index (χ1n) is 5.57. The van der Waals surface area contributed by atoms with Crippen LogP contribution < -0.4 is 11.1 Å². The summed E-state index contributed by atoms with van der Waals surface area (Å²) in [5, 5.41) is 13.1. The van der Waals surface area contributed by atoms with Crippen LogP contribution in [0.4, 0.5) is 5.95 Å². The highest BCUT2D eigenvalue weighted by Gasteiger charge is 2.13. The fraction of sp³-hybridized carbons (Fsp3) is 0.400. The Morgan fingerprint density at radius 1 is 1.67 bits per heavy atom. The van der Waals surface area contributed by atoms with Crippen LogP contribution in [0.1, 0.15) is 12.7 Å². The van der Waals surface area contributed by atoms with E-state index in [9.17, 15) is 4.79 Å². The van der Waals surface area contributed by atoms with Gasteiger partial charge in [0.2, 0.25) is 11.9 Å². The lowest BCUT2D eigenvalue weighted by atomic mass is 10.1. The van der Waals surface area contributed by atoms with Gasteiger partial charge in [0.25, 0.3) is 0 Å². The van der Waals surface area contributed by atoms with Gasteiger partial charge < -0.3 is 11.1 Å². The maximum atomic E-state index is 11.8. The SMILES string of the molecule is C[C@@H](Cn1cccn1)C(=O)NCc1nc(N)n[nH]1. The molecule has 96 valence electrons. The second kappa shape index (κ2) is 5.30. The van der Waals surface area contributed by atoms with Gasteiger partial charge in [-0.2, -0.15) is 10.1 Å². The average molecular weight is 249 g/mol. The number of nitrogens with one attached hydrogen (secondary N) is 2. The molecule has 1 atom stereocenters. The van der Waals surface area contributed by atoms with Crippen LogP contribution in [0.3, 0.4) is 0 Å². The Balaban J connectivity index is 1.80. The third-order valence-corrected chi connectivity index (χ3v) is 2.45. The van der Waals surface area contributed by atoms with Crippen molar-refractivity contribution in [3.8, 4) is 0 Å². The summed E-state index contributed by atoms with van der Waals surface area (Å²) in [7, 11) is 0. The molecule has 0 spiro atoms. The molecule has 0 aliphatic carbocycles. The van der Waals surface area contributed by atoms with Gasteiger partial charge in [0.15, 0.2) is 0 Å². The summed E-state index contributed by atoms with van der Waals surface area (Å²) in [6, 6.07) is 1.82. The maximum Gasteiger partial charge on any atom is 0.239 e. The highest BCUT2D eigenvalue weighted by Crippen LogP contribution is 2.00. The molecule has 2 aromatic heterocycles. The van der Waals surface area contributed by atoms with Crippen molar-refractivity contribution in [1.29, 1.82) is 0 Å². The van der Waals surface area contributed by atoms with Gasteiger partial charge in [-0.15, -0.1) is 5.10 Å². The van der Waals surface area contributed by atoms with E-state index in [0.717, 1.165) is 0 Å². The molecule has 0 saturated heterocycles. The molecule has 0 fully saturated rings. The van der Waals surface area contributed by atoms with Crippen molar-refractivity contribution >= 4 is 11.9 Å². The minimum Gasteiger partial charge on any atom is -0.367 e. The lowest BCUT2D eigenvalue weighted by molar-refractivity contribution is -0.125. The number of aromatic nitrogens is 5. The van der Waals surface area contributed by atoms with E-state index in [1.54, 1.807) is 10.9 Å². The van der Waals surface area contributed by atoms with Crippen LogP contribution in [-0.4, -0.2) is 30.9 Å². The first-order chi connectivity index (χ1) is 8.65. The summed E-state index contributed by atoms with van der Waals surface area (Å²) in [5.74, 6) is 0.460. The van der Waals surface area contributed by atoms with Crippen molar-refractivity contribution < 1.29 is 4.79 Å². The van der Waals surface area contributed by atoms with E-state index in [0.29, 0.717) is 12.4 Å². The Hall–Kier alpha value is -2.38. The average Bonchev–Trinajstić information content (AvgIpc) is 2.97. The van der Waals surface area contributed by atoms with E-state index in [1.807, 2.05) is 19.2 Å². The molecule has 0 aromatic carbocycles. The number of carbonyl (C=O) groups is 1. The molecule has 0 aliphatic heterocycles. The van der Waals surface area contributed by atoms with Crippen LogP contribution >= 0.6 is 0 Å². The zero-order chi connectivity index (χ0) is 13.0. The number of hydrogen-bond donors (Lipinski definition) is 3. The van der Waals surface area contributed by atoms with Crippen molar-refractivity contribution in [3.05, 3.63) is 24.3 Å². The number of aromatic amines is 1. The minimum absolute atomic E-state index is 0.0690. The molecule has 1 amide bonds. The predicted octanol–water partition coefficient (Wildman–Crippen LogP) is -0.464. The lowest BCUT2D eigenvalue weighted by Gasteiger charge is -2.11. The van der Waals surface area contributed by atoms with Crippen LogP contribution in [0.5, 0.6) is 0 Å². The molecule has 0 aliphatic rings. The Labute approximate surface area is 104 Å². The Bertz CT molecular complexity index is 504. The molecule has 8 heteroatoms. The molecule has 0 radical (unpaired) electrons. The lowest BCUT2D eigenvalue weighted by Crippen LogP contribution is -2.31. The monoisotopic (exact) mass is 249 g/mol. The number of nitrogens with zero attached hydrogens (tertiary/aromatic N) is 4. The molecule has 0 bridgehead atoms. The summed E-state index contributed by atoms with van der Waals surface area (Å²) in [5.41, 5.74) is 5.36. The summed E-state index contributed by atoms with van der Waals surface area (Å²) >= 11 is 0. The number of nitrogen functional groups attached to an aromatic ring is 1. The fourth-order valence-electron chi connectivity index (χ4n) is 1.51. The quantitative estimate of drug-likeness (QED) is 0.663. The molecule has 0 saturated carbocycles. The molecular weight excluding hydrogens is 234 g/mol. The van der Waals surface area contributed by atoms with E-state index in [1.165, 1.54) is 0 Å². The molecule has 2 rings (SSSR count). The van der Waals surface area contributed by atoms with E-state index < -0.39 is 0 Å². The standard InChI is InChI=1S/C10H15N7O/c1-7(6-17-4-2-3-13-17)9(18)12-5-8-14-10(11)16-15-8/h2-4,7H,5-6H2,1H3,(H,12,18)(H3,11,14,15,16)/t7-/m0/s1. The number of rotatable bonds is 5. The van der Waals surface area contributed by atoms with Crippen LogP contribution in [-0.2, 0) is 17.9 Å². The van der Waals surface area contributed by atoms with Crippen molar-refractivity contribution in [3.63, 3.8) is 0 Å². The molecular formula is C10H15N7O. The van der Waals surface area contributed by atoms with Crippen LogP contribution in [0, 0.1) is 5.92 Å². The van der Waals surface area contributed by atoms with E-state index in [4.69, 9.17) is 5.73 Å². The second-order valence-corrected chi connectivity index (χ2v) is 3.99. The fourth-order valence-corrected chi connectivity index (χ4v) is 1.51. The third kappa shape index (κ3) is 3.06. The number of H-pyrrole nitrogens is 1. The minimum atomic E-state index is -0.176. The number of nitrogens with two attached hydrogens (primary N) is 1. The van der Waals surface area contributed by atoms with E-state index in [2.05, 4.69) is 25.6 Å².